The van der Waals surface area contributed by atoms with E-state index in [0.717, 1.165) is 31.1 Å². The molecule has 1 aromatic carbocycles. The lowest BCUT2D eigenvalue weighted by molar-refractivity contribution is -0.157. The number of nitrogens with zero attached hydrogens (tertiary/aromatic N) is 4. The molecule has 0 bridgehead atoms. The number of morpholine rings is 1. The molecule has 2 amide bonds. The molecule has 3 aliphatic carbocycles. The van der Waals surface area contributed by atoms with Gasteiger partial charge in [0.15, 0.2) is 5.13 Å². The molecule has 3 aromatic rings. The van der Waals surface area contributed by atoms with E-state index in [1.165, 1.54) is 22.7 Å². The predicted molar refractivity (Wildman–Crippen MR) is 239 cm³/mol. The Morgan fingerprint density at radius 3 is 2.44 bits per heavy atom. The van der Waals surface area contributed by atoms with Crippen molar-refractivity contribution in [2.45, 2.75) is 116 Å². The molecular formula is C46H61ClN6O9S. The Morgan fingerprint density at radius 1 is 1.03 bits per heavy atom. The molecular weight excluding hydrogens is 848 g/mol. The van der Waals surface area contributed by atoms with Gasteiger partial charge in [-0.3, -0.25) is 19.3 Å². The van der Waals surface area contributed by atoms with Gasteiger partial charge in [0.2, 0.25) is 11.8 Å². The Labute approximate surface area is 377 Å². The number of ether oxygens (including phenoxy) is 4. The van der Waals surface area contributed by atoms with E-state index in [4.69, 9.17) is 40.5 Å². The summed E-state index contributed by atoms with van der Waals surface area (Å²) in [4.78, 5) is 68.8. The molecule has 2 aromatic heterocycles. The highest BCUT2D eigenvalue weighted by Gasteiger charge is 2.61. The molecule has 4 heterocycles. The number of hydrogen-bond donors (Lipinski definition) is 3. The van der Waals surface area contributed by atoms with Gasteiger partial charge in [-0.15, -0.1) is 11.3 Å². The van der Waals surface area contributed by atoms with Crippen LogP contribution in [0.3, 0.4) is 0 Å². The Morgan fingerprint density at radius 2 is 1.78 bits per heavy atom. The van der Waals surface area contributed by atoms with Gasteiger partial charge in [-0.1, -0.05) is 45.7 Å². The van der Waals surface area contributed by atoms with E-state index >= 15 is 0 Å². The number of hydrogen-bond acceptors (Lipinski definition) is 13. The molecule has 5 fully saturated rings. The topological polar surface area (TPSA) is 182 Å². The molecule has 63 heavy (non-hydrogen) atoms. The normalized spacial score (nSPS) is 27.2. The van der Waals surface area contributed by atoms with Crippen molar-refractivity contribution in [2.24, 2.45) is 29.1 Å². The standard InChI is InChI=1S/C46H61ClN6O9S/c1-7-28-22-46(28,43(57)58)51-41(55)35-19-30(23-53(35)42(56)32(45(4,5)6)20-38(54)62-29-17-26-16-27(26)18-29)61-37-21-33(34-24-63-44(50-34)48-25(2)3)49-40-31(37)8-9-36(39(40)47)60-15-12-52-10-13-59-14-11-52/h8-9,21,24-30,32,35H,7,10-20,22-23H2,1-6H3,(H,48,50)(H,51,55)(H,57,58)/t26-,27+,28-,29?,30-,32-,35+,46-/m1/s1. The number of amides is 2. The van der Waals surface area contributed by atoms with Crippen molar-refractivity contribution in [3.63, 3.8) is 0 Å². The second-order valence-electron chi connectivity index (χ2n) is 19.4. The van der Waals surface area contributed by atoms with Crippen LogP contribution in [0.25, 0.3) is 22.3 Å². The van der Waals surface area contributed by atoms with Crippen molar-refractivity contribution in [1.82, 2.24) is 25.1 Å². The first-order valence-corrected chi connectivity index (χ1v) is 23.8. The number of nitrogens with one attached hydrogen (secondary N) is 2. The van der Waals surface area contributed by atoms with Gasteiger partial charge in [0.25, 0.3) is 0 Å². The number of thiazole rings is 1. The highest BCUT2D eigenvalue weighted by molar-refractivity contribution is 7.14. The molecule has 0 radical (unpaired) electrons. The van der Waals surface area contributed by atoms with Gasteiger partial charge in [0, 0.05) is 48.9 Å². The van der Waals surface area contributed by atoms with E-state index in [2.05, 4.69) is 15.5 Å². The molecule has 0 spiro atoms. The summed E-state index contributed by atoms with van der Waals surface area (Å²) in [5.41, 5.74) is -0.528. The smallest absolute Gasteiger partial charge is 0.329 e. The Bertz CT molecular complexity index is 2200. The van der Waals surface area contributed by atoms with E-state index in [1.807, 2.05) is 53.0 Å². The average Bonchev–Trinajstić information content (AvgIpc) is 3.91. The van der Waals surface area contributed by atoms with E-state index in [0.29, 0.717) is 89.9 Å². The first-order valence-electron chi connectivity index (χ1n) is 22.5. The number of carboxylic acids is 1. The second kappa shape index (κ2) is 18.3. The van der Waals surface area contributed by atoms with Crippen LogP contribution in [0.1, 0.15) is 86.5 Å². The number of aliphatic carboxylic acids is 1. The number of pyridine rings is 1. The minimum atomic E-state index is -1.40. The third kappa shape index (κ3) is 10.0. The van der Waals surface area contributed by atoms with Gasteiger partial charge in [0.1, 0.15) is 52.6 Å². The van der Waals surface area contributed by atoms with Crippen LogP contribution in [0.5, 0.6) is 11.5 Å². The second-order valence-corrected chi connectivity index (χ2v) is 20.7. The molecule has 2 aliphatic heterocycles. The zero-order valence-electron chi connectivity index (χ0n) is 37.1. The summed E-state index contributed by atoms with van der Waals surface area (Å²) in [5.74, 6) is -1.38. The van der Waals surface area contributed by atoms with E-state index in [9.17, 15) is 24.3 Å². The summed E-state index contributed by atoms with van der Waals surface area (Å²) in [6, 6.07) is 4.53. The maximum absolute atomic E-state index is 14.9. The molecule has 3 saturated carbocycles. The summed E-state index contributed by atoms with van der Waals surface area (Å²) >= 11 is 8.57. The van der Waals surface area contributed by atoms with Crippen LogP contribution in [-0.2, 0) is 28.7 Å². The summed E-state index contributed by atoms with van der Waals surface area (Å²) < 4.78 is 24.4. The third-order valence-corrected chi connectivity index (χ3v) is 14.6. The highest BCUT2D eigenvalue weighted by Crippen LogP contribution is 2.53. The van der Waals surface area contributed by atoms with Crippen LogP contribution in [-0.4, -0.2) is 124 Å². The Balaban J connectivity index is 1.09. The summed E-state index contributed by atoms with van der Waals surface area (Å²) in [5, 5.41) is 20.0. The number of likely N-dealkylation sites (tertiary alicyclic amines) is 1. The number of esters is 1. The molecule has 3 N–H and O–H groups in total. The fourth-order valence-corrected chi connectivity index (χ4v) is 10.7. The lowest BCUT2D eigenvalue weighted by Crippen LogP contribution is -2.54. The van der Waals surface area contributed by atoms with Gasteiger partial charge in [0.05, 0.1) is 43.3 Å². The molecule has 5 aliphatic rings. The van der Waals surface area contributed by atoms with Gasteiger partial charge in [-0.2, -0.15) is 0 Å². The zero-order valence-corrected chi connectivity index (χ0v) is 38.7. The Kier molecular flexibility index (Phi) is 13.2. The number of fused-ring (bicyclic) bond motifs is 2. The summed E-state index contributed by atoms with van der Waals surface area (Å²) in [6.45, 7) is 15.8. The largest absolute Gasteiger partial charge is 0.491 e. The SMILES string of the molecule is CC[C@@H]1C[C@]1(NC(=O)[C@@H]1C[C@@H](Oc2cc(-c3csc(NC(C)C)n3)nc3c(Cl)c(OCCN4CCOCC4)ccc23)CN1C(=O)[C@@H](CC(=O)OC1C[C@@H]2C[C@@H]2C1)C(C)(C)C)C(=O)O. The van der Waals surface area contributed by atoms with Crippen molar-refractivity contribution in [1.29, 1.82) is 0 Å². The molecule has 8 rings (SSSR count). The summed E-state index contributed by atoms with van der Waals surface area (Å²) in [6.07, 6.45) is 2.89. The molecule has 1 unspecified atom stereocenters. The number of anilines is 1. The van der Waals surface area contributed by atoms with Crippen LogP contribution in [0.2, 0.25) is 5.02 Å². The van der Waals surface area contributed by atoms with Crippen LogP contribution < -0.4 is 20.1 Å². The van der Waals surface area contributed by atoms with Crippen LogP contribution in [0.4, 0.5) is 5.13 Å². The number of carbonyl (C=O) groups is 4. The van der Waals surface area contributed by atoms with Crippen molar-refractivity contribution in [3.05, 3.63) is 28.6 Å². The number of carboxylic acid groups (broad SMARTS) is 1. The molecule has 17 heteroatoms. The number of benzene rings is 1. The van der Waals surface area contributed by atoms with E-state index < -0.39 is 46.9 Å². The lowest BCUT2D eigenvalue weighted by Gasteiger charge is -2.35. The van der Waals surface area contributed by atoms with Gasteiger partial charge in [-0.25, -0.2) is 14.8 Å². The predicted octanol–water partition coefficient (Wildman–Crippen LogP) is 6.65. The van der Waals surface area contributed by atoms with Crippen molar-refractivity contribution in [2.75, 3.05) is 51.3 Å². The highest BCUT2D eigenvalue weighted by atomic mass is 35.5. The fraction of sp³-hybridized carbons (Fsp3) is 0.652. The third-order valence-electron chi connectivity index (χ3n) is 13.5. The zero-order chi connectivity index (χ0) is 44.8. The number of carbonyl (C=O) groups excluding carboxylic acids is 3. The molecule has 8 atom stereocenters. The van der Waals surface area contributed by atoms with Gasteiger partial charge in [-0.05, 0) is 74.8 Å². The van der Waals surface area contributed by atoms with Gasteiger partial charge < -0.3 is 39.6 Å². The minimum Gasteiger partial charge on any atom is -0.491 e. The average molecular weight is 910 g/mol. The molecule has 15 nitrogen and oxygen atoms in total. The number of halogens is 1. The van der Waals surface area contributed by atoms with Gasteiger partial charge >= 0.3 is 11.9 Å². The monoisotopic (exact) mass is 908 g/mol. The minimum absolute atomic E-state index is 0.0105. The lowest BCUT2D eigenvalue weighted by atomic mass is 9.77. The first-order chi connectivity index (χ1) is 30.0. The maximum Gasteiger partial charge on any atom is 0.329 e. The maximum atomic E-state index is 14.9. The quantitative estimate of drug-likeness (QED) is 0.123. The van der Waals surface area contributed by atoms with Crippen molar-refractivity contribution >= 4 is 62.7 Å². The van der Waals surface area contributed by atoms with Crippen molar-refractivity contribution in [3.8, 4) is 22.9 Å². The first kappa shape index (κ1) is 45.3. The van der Waals surface area contributed by atoms with Crippen LogP contribution >= 0.6 is 22.9 Å². The van der Waals surface area contributed by atoms with Crippen LogP contribution in [0.15, 0.2) is 23.6 Å². The Hall–Kier alpha value is -4.25. The van der Waals surface area contributed by atoms with E-state index in [1.54, 1.807) is 12.1 Å². The number of rotatable bonds is 17. The van der Waals surface area contributed by atoms with E-state index in [-0.39, 0.29) is 43.4 Å². The summed E-state index contributed by atoms with van der Waals surface area (Å²) in [7, 11) is 0. The molecule has 342 valence electrons. The van der Waals surface area contributed by atoms with Crippen molar-refractivity contribution < 1.29 is 43.2 Å². The molecule has 2 saturated heterocycles. The van der Waals surface area contributed by atoms with Crippen LogP contribution in [0, 0.1) is 29.1 Å². The number of aromatic nitrogens is 2. The fourth-order valence-electron chi connectivity index (χ4n) is 9.63.